The standard InChI is InChI=1S/C18H15BrN2O3/c19-13-2-1-12-5-6-21(15(12)9-13)11-18(22)20-14-3-4-16-17(10-14)24-8-7-23-16/h1-6,9-10H,7-8,11H2,(H,20,22). The Morgan fingerprint density at radius 1 is 1.08 bits per heavy atom. The minimum atomic E-state index is -0.0934. The summed E-state index contributed by atoms with van der Waals surface area (Å²) in [5, 5.41) is 4.00. The highest BCUT2D eigenvalue weighted by Gasteiger charge is 2.13. The maximum atomic E-state index is 12.4. The van der Waals surface area contributed by atoms with Gasteiger partial charge in [-0.25, -0.2) is 0 Å². The molecule has 2 heterocycles. The van der Waals surface area contributed by atoms with Gasteiger partial charge in [0.25, 0.3) is 0 Å². The van der Waals surface area contributed by atoms with Crippen molar-refractivity contribution in [1.82, 2.24) is 4.57 Å². The maximum Gasteiger partial charge on any atom is 0.244 e. The first-order valence-corrected chi connectivity index (χ1v) is 8.42. The molecule has 2 aromatic carbocycles. The van der Waals surface area contributed by atoms with E-state index in [1.54, 1.807) is 6.07 Å². The zero-order valence-corrected chi connectivity index (χ0v) is 14.4. The van der Waals surface area contributed by atoms with Crippen LogP contribution in [0.1, 0.15) is 0 Å². The SMILES string of the molecule is O=C(Cn1ccc2ccc(Br)cc21)Nc1ccc2c(c1)OCCO2. The molecule has 1 aromatic heterocycles. The number of ether oxygens (including phenoxy) is 2. The van der Waals surface area contributed by atoms with E-state index in [0.29, 0.717) is 30.4 Å². The molecule has 1 N–H and O–H groups in total. The van der Waals surface area contributed by atoms with E-state index in [2.05, 4.69) is 21.2 Å². The van der Waals surface area contributed by atoms with E-state index in [-0.39, 0.29) is 12.5 Å². The molecule has 3 aromatic rings. The quantitative estimate of drug-likeness (QED) is 0.744. The lowest BCUT2D eigenvalue weighted by molar-refractivity contribution is -0.116. The molecule has 0 bridgehead atoms. The Morgan fingerprint density at radius 3 is 2.79 bits per heavy atom. The Hall–Kier alpha value is -2.47. The van der Waals surface area contributed by atoms with Gasteiger partial charge in [-0.2, -0.15) is 0 Å². The van der Waals surface area contributed by atoms with E-state index < -0.39 is 0 Å². The van der Waals surface area contributed by atoms with Crippen LogP contribution < -0.4 is 14.8 Å². The monoisotopic (exact) mass is 386 g/mol. The molecule has 1 amide bonds. The first-order chi connectivity index (χ1) is 11.7. The predicted octanol–water partition coefficient (Wildman–Crippen LogP) is 3.81. The number of hydrogen-bond donors (Lipinski definition) is 1. The third-order valence-electron chi connectivity index (χ3n) is 3.88. The number of amides is 1. The lowest BCUT2D eigenvalue weighted by atomic mass is 10.2. The van der Waals surface area contributed by atoms with Crippen molar-refractivity contribution in [2.45, 2.75) is 6.54 Å². The molecule has 24 heavy (non-hydrogen) atoms. The average Bonchev–Trinajstić information content (AvgIpc) is 2.97. The fraction of sp³-hybridized carbons (Fsp3) is 0.167. The van der Waals surface area contributed by atoms with Gasteiger partial charge in [-0.05, 0) is 35.7 Å². The number of fused-ring (bicyclic) bond motifs is 2. The second-order valence-electron chi connectivity index (χ2n) is 5.55. The third-order valence-corrected chi connectivity index (χ3v) is 4.37. The maximum absolute atomic E-state index is 12.4. The molecule has 0 aliphatic carbocycles. The van der Waals surface area contributed by atoms with Crippen LogP contribution in [0.25, 0.3) is 10.9 Å². The van der Waals surface area contributed by atoms with Crippen molar-refractivity contribution in [3.05, 3.63) is 53.1 Å². The summed E-state index contributed by atoms with van der Waals surface area (Å²) >= 11 is 3.47. The zero-order chi connectivity index (χ0) is 16.5. The van der Waals surface area contributed by atoms with Gasteiger partial charge in [-0.1, -0.05) is 22.0 Å². The fourth-order valence-corrected chi connectivity index (χ4v) is 3.12. The number of nitrogens with one attached hydrogen (secondary N) is 1. The summed E-state index contributed by atoms with van der Waals surface area (Å²) < 4.78 is 13.9. The van der Waals surface area contributed by atoms with Gasteiger partial charge >= 0.3 is 0 Å². The Bertz CT molecular complexity index is 920. The van der Waals surface area contributed by atoms with Crippen LogP contribution in [0.15, 0.2) is 53.1 Å². The number of rotatable bonds is 3. The van der Waals surface area contributed by atoms with Gasteiger partial charge in [-0.3, -0.25) is 4.79 Å². The van der Waals surface area contributed by atoms with E-state index in [4.69, 9.17) is 9.47 Å². The normalized spacial score (nSPS) is 13.0. The molecule has 6 heteroatoms. The highest BCUT2D eigenvalue weighted by atomic mass is 79.9. The van der Waals surface area contributed by atoms with Gasteiger partial charge in [0, 0.05) is 27.9 Å². The Morgan fingerprint density at radius 2 is 1.92 bits per heavy atom. The first kappa shape index (κ1) is 15.1. The van der Waals surface area contributed by atoms with E-state index in [0.717, 1.165) is 15.4 Å². The van der Waals surface area contributed by atoms with Crippen molar-refractivity contribution in [2.75, 3.05) is 18.5 Å². The second kappa shape index (κ2) is 6.20. The molecule has 0 radical (unpaired) electrons. The molecule has 5 nitrogen and oxygen atoms in total. The van der Waals surface area contributed by atoms with Gasteiger partial charge in [0.05, 0.1) is 0 Å². The number of carbonyl (C=O) groups excluding carboxylic acids is 1. The van der Waals surface area contributed by atoms with Crippen molar-refractivity contribution >= 4 is 38.4 Å². The van der Waals surface area contributed by atoms with E-state index >= 15 is 0 Å². The van der Waals surface area contributed by atoms with Gasteiger partial charge in [0.2, 0.25) is 5.91 Å². The summed E-state index contributed by atoms with van der Waals surface area (Å²) in [6.07, 6.45) is 1.92. The topological polar surface area (TPSA) is 52.5 Å². The molecule has 0 unspecified atom stereocenters. The number of halogens is 1. The first-order valence-electron chi connectivity index (χ1n) is 7.63. The van der Waals surface area contributed by atoms with Crippen molar-refractivity contribution in [2.24, 2.45) is 0 Å². The molecule has 4 rings (SSSR count). The molecule has 1 aliphatic rings. The summed E-state index contributed by atoms with van der Waals surface area (Å²) in [7, 11) is 0. The minimum absolute atomic E-state index is 0.0934. The molecule has 0 fully saturated rings. The number of hydrogen-bond acceptors (Lipinski definition) is 3. The highest BCUT2D eigenvalue weighted by Crippen LogP contribution is 2.32. The molecule has 0 saturated heterocycles. The number of anilines is 1. The average molecular weight is 387 g/mol. The van der Waals surface area contributed by atoms with Gasteiger partial charge in [0.1, 0.15) is 19.8 Å². The zero-order valence-electron chi connectivity index (χ0n) is 12.8. The third kappa shape index (κ3) is 2.97. The molecule has 1 aliphatic heterocycles. The number of carbonyl (C=O) groups is 1. The lowest BCUT2D eigenvalue weighted by Gasteiger charge is -2.19. The molecular formula is C18H15BrN2O3. The van der Waals surface area contributed by atoms with Crippen molar-refractivity contribution < 1.29 is 14.3 Å². The molecule has 0 saturated carbocycles. The fourth-order valence-electron chi connectivity index (χ4n) is 2.77. The van der Waals surface area contributed by atoms with E-state index in [1.807, 2.05) is 47.2 Å². The van der Waals surface area contributed by atoms with Crippen molar-refractivity contribution in [3.63, 3.8) is 0 Å². The summed E-state index contributed by atoms with van der Waals surface area (Å²) in [5.74, 6) is 1.28. The number of benzene rings is 2. The van der Waals surface area contributed by atoms with E-state index in [1.165, 1.54) is 0 Å². The Balaban J connectivity index is 1.51. The van der Waals surface area contributed by atoms with Gasteiger partial charge < -0.3 is 19.4 Å². The summed E-state index contributed by atoms with van der Waals surface area (Å²) in [6.45, 7) is 1.32. The summed E-state index contributed by atoms with van der Waals surface area (Å²) in [6, 6.07) is 13.4. The van der Waals surface area contributed by atoms with Crippen LogP contribution in [0.2, 0.25) is 0 Å². The molecular weight excluding hydrogens is 372 g/mol. The van der Waals surface area contributed by atoms with Crippen LogP contribution in [0, 0.1) is 0 Å². The lowest BCUT2D eigenvalue weighted by Crippen LogP contribution is -2.19. The summed E-state index contributed by atoms with van der Waals surface area (Å²) in [4.78, 5) is 12.4. The predicted molar refractivity (Wildman–Crippen MR) is 95.7 cm³/mol. The number of aromatic nitrogens is 1. The van der Waals surface area contributed by atoms with Gasteiger partial charge in [0.15, 0.2) is 11.5 Å². The van der Waals surface area contributed by atoms with E-state index in [9.17, 15) is 4.79 Å². The Kier molecular flexibility index (Phi) is 3.90. The van der Waals surface area contributed by atoms with Gasteiger partial charge in [-0.15, -0.1) is 0 Å². The van der Waals surface area contributed by atoms with Crippen LogP contribution in [0.3, 0.4) is 0 Å². The molecule has 0 atom stereocenters. The second-order valence-corrected chi connectivity index (χ2v) is 6.47. The molecule has 122 valence electrons. The Labute approximate surface area is 147 Å². The van der Waals surface area contributed by atoms with Crippen molar-refractivity contribution in [3.8, 4) is 11.5 Å². The highest BCUT2D eigenvalue weighted by molar-refractivity contribution is 9.10. The minimum Gasteiger partial charge on any atom is -0.486 e. The number of nitrogens with zero attached hydrogens (tertiary/aromatic N) is 1. The van der Waals surface area contributed by atoms with Crippen LogP contribution in [0.4, 0.5) is 5.69 Å². The smallest absolute Gasteiger partial charge is 0.244 e. The van der Waals surface area contributed by atoms with Crippen LogP contribution >= 0.6 is 15.9 Å². The van der Waals surface area contributed by atoms with Crippen LogP contribution in [-0.2, 0) is 11.3 Å². The van der Waals surface area contributed by atoms with Crippen LogP contribution in [0.5, 0.6) is 11.5 Å². The van der Waals surface area contributed by atoms with Crippen molar-refractivity contribution in [1.29, 1.82) is 0 Å². The molecule has 0 spiro atoms. The van der Waals surface area contributed by atoms with Crippen LogP contribution in [-0.4, -0.2) is 23.7 Å². The largest absolute Gasteiger partial charge is 0.486 e. The summed E-state index contributed by atoms with van der Waals surface area (Å²) in [5.41, 5.74) is 1.71.